The minimum atomic E-state index is -0.551. The quantitative estimate of drug-likeness (QED) is 0.675. The van der Waals surface area contributed by atoms with Gasteiger partial charge in [-0.15, -0.1) is 0 Å². The molecule has 0 aliphatic carbocycles. The molecule has 22 heavy (non-hydrogen) atoms. The average molecular weight is 319 g/mol. The molecule has 0 aromatic heterocycles. The van der Waals surface area contributed by atoms with Crippen molar-refractivity contribution in [3.05, 3.63) is 76.6 Å². The van der Waals surface area contributed by atoms with Crippen LogP contribution in [-0.4, -0.2) is 11.8 Å². The van der Waals surface area contributed by atoms with Gasteiger partial charge in [-0.05, 0) is 35.9 Å². The van der Waals surface area contributed by atoms with E-state index < -0.39 is 17.6 Å². The van der Waals surface area contributed by atoms with Gasteiger partial charge in [-0.2, -0.15) is 0 Å². The van der Waals surface area contributed by atoms with E-state index in [-0.39, 0.29) is 10.6 Å². The van der Waals surface area contributed by atoms with Crippen LogP contribution in [0, 0.1) is 5.82 Å². The van der Waals surface area contributed by atoms with Gasteiger partial charge in [0, 0.05) is 6.08 Å². The summed E-state index contributed by atoms with van der Waals surface area (Å²) in [5.41, 5.74) is 5.24. The molecule has 2 aromatic rings. The lowest BCUT2D eigenvalue weighted by Crippen LogP contribution is -2.40. The highest BCUT2D eigenvalue weighted by Gasteiger charge is 2.09. The first kappa shape index (κ1) is 15.7. The second-order valence-electron chi connectivity index (χ2n) is 4.31. The van der Waals surface area contributed by atoms with Gasteiger partial charge < -0.3 is 0 Å². The maximum absolute atomic E-state index is 13.0. The number of hydrogen-bond acceptors (Lipinski definition) is 2. The van der Waals surface area contributed by atoms with E-state index in [9.17, 15) is 14.0 Å². The number of rotatable bonds is 3. The van der Waals surface area contributed by atoms with Gasteiger partial charge in [0.2, 0.25) is 0 Å². The van der Waals surface area contributed by atoms with Gasteiger partial charge >= 0.3 is 0 Å². The summed E-state index contributed by atoms with van der Waals surface area (Å²) in [5.74, 6) is -1.47. The van der Waals surface area contributed by atoms with E-state index in [1.807, 2.05) is 0 Å². The maximum Gasteiger partial charge on any atom is 0.271 e. The van der Waals surface area contributed by atoms with Gasteiger partial charge in [0.05, 0.1) is 10.6 Å². The highest BCUT2D eigenvalue weighted by molar-refractivity contribution is 6.33. The van der Waals surface area contributed by atoms with Crippen molar-refractivity contribution in [3.8, 4) is 0 Å². The number of carbonyl (C=O) groups is 2. The van der Waals surface area contributed by atoms with E-state index in [1.165, 1.54) is 36.4 Å². The van der Waals surface area contributed by atoms with E-state index >= 15 is 0 Å². The summed E-state index contributed by atoms with van der Waals surface area (Å²) >= 11 is 5.87. The van der Waals surface area contributed by atoms with Crippen LogP contribution in [-0.2, 0) is 4.79 Å². The fraction of sp³-hybridized carbons (Fsp3) is 0. The molecular weight excluding hydrogens is 307 g/mol. The molecule has 6 heteroatoms. The highest BCUT2D eigenvalue weighted by Crippen LogP contribution is 2.14. The van der Waals surface area contributed by atoms with Crippen molar-refractivity contribution in [2.75, 3.05) is 0 Å². The fourth-order valence-corrected chi connectivity index (χ4v) is 1.88. The summed E-state index contributed by atoms with van der Waals surface area (Å²) in [6.07, 6.45) is 2.61. The summed E-state index contributed by atoms with van der Waals surface area (Å²) in [4.78, 5) is 23.4. The fourth-order valence-electron chi connectivity index (χ4n) is 1.65. The first-order valence-corrected chi connectivity index (χ1v) is 6.72. The Morgan fingerprint density at radius 2 is 1.82 bits per heavy atom. The van der Waals surface area contributed by atoms with Crippen molar-refractivity contribution in [1.82, 2.24) is 10.9 Å². The molecule has 0 aliphatic heterocycles. The Labute approximate surface area is 131 Å². The van der Waals surface area contributed by atoms with Crippen molar-refractivity contribution < 1.29 is 14.0 Å². The van der Waals surface area contributed by atoms with E-state index in [4.69, 9.17) is 11.6 Å². The zero-order chi connectivity index (χ0) is 15.9. The van der Waals surface area contributed by atoms with Crippen LogP contribution in [0.5, 0.6) is 0 Å². The van der Waals surface area contributed by atoms with Gasteiger partial charge in [0.15, 0.2) is 0 Å². The first-order chi connectivity index (χ1) is 10.6. The highest BCUT2D eigenvalue weighted by atomic mass is 35.5. The topological polar surface area (TPSA) is 58.2 Å². The van der Waals surface area contributed by atoms with E-state index in [1.54, 1.807) is 24.3 Å². The third-order valence-corrected chi connectivity index (χ3v) is 3.02. The van der Waals surface area contributed by atoms with Gasteiger partial charge in [-0.1, -0.05) is 35.9 Å². The number of amides is 2. The Balaban J connectivity index is 1.90. The first-order valence-electron chi connectivity index (χ1n) is 6.35. The molecule has 2 rings (SSSR count). The molecule has 0 heterocycles. The summed E-state index contributed by atoms with van der Waals surface area (Å²) in [5, 5.41) is 0.282. The van der Waals surface area contributed by atoms with Gasteiger partial charge in [-0.25, -0.2) is 4.39 Å². The van der Waals surface area contributed by atoms with Crippen molar-refractivity contribution in [2.24, 2.45) is 0 Å². The molecule has 0 saturated heterocycles. The Bertz CT molecular complexity index is 732. The van der Waals surface area contributed by atoms with Crippen LogP contribution in [0.4, 0.5) is 4.39 Å². The largest absolute Gasteiger partial charge is 0.271 e. The monoisotopic (exact) mass is 318 g/mol. The van der Waals surface area contributed by atoms with Crippen molar-refractivity contribution in [1.29, 1.82) is 0 Å². The van der Waals surface area contributed by atoms with Crippen LogP contribution < -0.4 is 10.9 Å². The normalized spacial score (nSPS) is 10.5. The van der Waals surface area contributed by atoms with Crippen LogP contribution in [0.2, 0.25) is 5.02 Å². The molecular formula is C16H12ClFN2O2. The zero-order valence-electron chi connectivity index (χ0n) is 11.3. The molecule has 0 aliphatic rings. The van der Waals surface area contributed by atoms with E-state index in [2.05, 4.69) is 10.9 Å². The zero-order valence-corrected chi connectivity index (χ0v) is 12.1. The molecule has 0 spiro atoms. The van der Waals surface area contributed by atoms with Crippen LogP contribution in [0.1, 0.15) is 15.9 Å². The molecule has 112 valence electrons. The second kappa shape index (κ2) is 7.38. The van der Waals surface area contributed by atoms with Crippen molar-refractivity contribution in [2.45, 2.75) is 0 Å². The smallest absolute Gasteiger partial charge is 0.268 e. The summed E-state index contributed by atoms with van der Waals surface area (Å²) in [7, 11) is 0. The summed E-state index contributed by atoms with van der Waals surface area (Å²) in [6.45, 7) is 0. The van der Waals surface area contributed by atoms with Crippen LogP contribution >= 0.6 is 11.6 Å². The van der Waals surface area contributed by atoms with Crippen LogP contribution in [0.25, 0.3) is 6.08 Å². The molecule has 0 saturated carbocycles. The van der Waals surface area contributed by atoms with Gasteiger partial charge in [-0.3, -0.25) is 20.4 Å². The number of hydrazine groups is 1. The minimum Gasteiger partial charge on any atom is -0.268 e. The number of benzene rings is 2. The standard InChI is InChI=1S/C16H12ClFN2O2/c17-14-7-2-1-6-13(14)16(22)20-19-15(21)9-8-11-4-3-5-12(18)10-11/h1-10H,(H,19,21)(H,20,22)/b9-8+. The third kappa shape index (κ3) is 4.43. The SMILES string of the molecule is O=C(/C=C/c1cccc(F)c1)NNC(=O)c1ccccc1Cl. The summed E-state index contributed by atoms with van der Waals surface area (Å²) in [6, 6.07) is 12.2. The van der Waals surface area contributed by atoms with E-state index in [0.29, 0.717) is 5.56 Å². The predicted octanol–water partition coefficient (Wildman–Crippen LogP) is 2.95. The molecule has 0 unspecified atom stereocenters. The maximum atomic E-state index is 13.0. The second-order valence-corrected chi connectivity index (χ2v) is 4.72. The number of hydrogen-bond donors (Lipinski definition) is 2. The van der Waals surface area contributed by atoms with Crippen LogP contribution in [0.3, 0.4) is 0 Å². The number of nitrogens with one attached hydrogen (secondary N) is 2. The molecule has 0 fully saturated rings. The van der Waals surface area contributed by atoms with Crippen molar-refractivity contribution in [3.63, 3.8) is 0 Å². The van der Waals surface area contributed by atoms with Gasteiger partial charge in [0.1, 0.15) is 5.82 Å². The van der Waals surface area contributed by atoms with Gasteiger partial charge in [0.25, 0.3) is 11.8 Å². The lowest BCUT2D eigenvalue weighted by molar-refractivity contribution is -0.117. The van der Waals surface area contributed by atoms with Crippen molar-refractivity contribution >= 4 is 29.5 Å². The lowest BCUT2D eigenvalue weighted by Gasteiger charge is -2.06. The molecule has 0 bridgehead atoms. The number of carbonyl (C=O) groups excluding carboxylic acids is 2. The lowest BCUT2D eigenvalue weighted by atomic mass is 10.2. The Hall–Kier alpha value is -2.66. The Morgan fingerprint density at radius 3 is 2.55 bits per heavy atom. The third-order valence-electron chi connectivity index (χ3n) is 2.69. The predicted molar refractivity (Wildman–Crippen MR) is 82.5 cm³/mol. The Morgan fingerprint density at radius 1 is 1.05 bits per heavy atom. The molecule has 0 atom stereocenters. The minimum absolute atomic E-state index is 0.249. The molecule has 2 N–H and O–H groups in total. The average Bonchev–Trinajstić information content (AvgIpc) is 2.51. The number of halogens is 2. The Kier molecular flexibility index (Phi) is 5.27. The summed E-state index contributed by atoms with van der Waals surface area (Å²) < 4.78 is 13.0. The molecule has 2 aromatic carbocycles. The van der Waals surface area contributed by atoms with Crippen LogP contribution in [0.15, 0.2) is 54.6 Å². The molecule has 2 amide bonds. The van der Waals surface area contributed by atoms with E-state index in [0.717, 1.165) is 0 Å². The molecule has 4 nitrogen and oxygen atoms in total. The molecule has 0 radical (unpaired) electrons.